The third-order valence-corrected chi connectivity index (χ3v) is 1.89. The Morgan fingerprint density at radius 2 is 1.33 bits per heavy atom. The molecule has 0 amide bonds. The van der Waals surface area contributed by atoms with Crippen molar-refractivity contribution in [2.45, 2.75) is 51.8 Å². The average Bonchev–Trinajstić information content (AvgIpc) is 1.94. The van der Waals surface area contributed by atoms with Crippen LogP contribution in [0.4, 0.5) is 12.9 Å². The molecule has 0 saturated heterocycles. The topological polar surface area (TPSA) is 0 Å². The lowest BCUT2D eigenvalue weighted by atomic mass is 9.83. The molecule has 0 bridgehead atoms. The molecule has 0 unspecified atom stereocenters. The highest BCUT2D eigenvalue weighted by atomic mass is 19.4. The zero-order valence-electron chi connectivity index (χ0n) is 7.66. The van der Waals surface area contributed by atoms with Crippen molar-refractivity contribution in [2.75, 3.05) is 0 Å². The van der Waals surface area contributed by atoms with E-state index in [0.29, 0.717) is 6.42 Å². The van der Waals surface area contributed by atoms with Gasteiger partial charge in [-0.25, -0.2) is 0 Å². The van der Waals surface area contributed by atoms with E-state index in [9.17, 15) is 12.9 Å². The van der Waals surface area contributed by atoms with Gasteiger partial charge in [-0.05, 0) is 0 Å². The molecule has 0 nitrogen and oxygen atoms in total. The van der Waals surface area contributed by atoms with Gasteiger partial charge < -0.3 is 12.9 Å². The molecule has 0 aromatic heterocycles. The van der Waals surface area contributed by atoms with Gasteiger partial charge in [0.15, 0.2) is 0 Å². The molecule has 0 aromatic carbocycles. The molecule has 0 aliphatic carbocycles. The minimum Gasteiger partial charge on any atom is -0.449 e. The van der Waals surface area contributed by atoms with Crippen molar-refractivity contribution in [2.24, 2.45) is 0 Å². The number of hydrogen-bond acceptors (Lipinski definition) is 0. The first-order valence-corrected chi connectivity index (χ1v) is 4.77. The van der Waals surface area contributed by atoms with Gasteiger partial charge in [-0.3, -0.25) is 0 Å². The van der Waals surface area contributed by atoms with Crippen molar-refractivity contribution in [3.8, 4) is 0 Å². The van der Waals surface area contributed by atoms with Gasteiger partial charge in [0, 0.05) is 0 Å². The zero-order valence-corrected chi connectivity index (χ0v) is 7.66. The lowest BCUT2D eigenvalue weighted by molar-refractivity contribution is 0.459. The predicted molar refractivity (Wildman–Crippen MR) is 47.3 cm³/mol. The van der Waals surface area contributed by atoms with Gasteiger partial charge in [-0.1, -0.05) is 51.8 Å². The summed E-state index contributed by atoms with van der Waals surface area (Å²) in [5, 5.41) is 0. The van der Waals surface area contributed by atoms with E-state index in [0.717, 1.165) is 32.1 Å². The number of halogens is 3. The molecule has 0 aromatic rings. The van der Waals surface area contributed by atoms with Crippen LogP contribution in [0.25, 0.3) is 0 Å². The first-order chi connectivity index (χ1) is 5.56. The van der Waals surface area contributed by atoms with Gasteiger partial charge in [0.2, 0.25) is 0 Å². The summed E-state index contributed by atoms with van der Waals surface area (Å²) >= 11 is 0. The summed E-state index contributed by atoms with van der Waals surface area (Å²) < 4.78 is 35.1. The largest absolute Gasteiger partial charge is 0.478 e. The van der Waals surface area contributed by atoms with Crippen molar-refractivity contribution >= 4 is 6.98 Å². The molecule has 0 heterocycles. The molecule has 4 heteroatoms. The Morgan fingerprint density at radius 3 is 1.83 bits per heavy atom. The number of unbranched alkanes of at least 4 members (excludes halogenated alkanes) is 5. The van der Waals surface area contributed by atoms with Crippen LogP contribution in [0, 0.1) is 0 Å². The summed E-state index contributed by atoms with van der Waals surface area (Å²) in [5.41, 5.74) is 0. The fourth-order valence-electron chi connectivity index (χ4n) is 1.16. The SMILES string of the molecule is CCCCCCCC[B-](F)(F)F. The van der Waals surface area contributed by atoms with Crippen LogP contribution >= 0.6 is 0 Å². The lowest BCUT2D eigenvalue weighted by Crippen LogP contribution is -2.13. The molecule has 0 aliphatic rings. The zero-order chi connectivity index (χ0) is 9.45. The molecule has 0 N–H and O–H groups in total. The predicted octanol–water partition coefficient (Wildman–Crippen LogP) is 4.19. The number of hydrogen-bond donors (Lipinski definition) is 0. The molecule has 0 spiro atoms. The normalized spacial score (nSPS) is 12.0. The Labute approximate surface area is 72.6 Å². The maximum atomic E-state index is 11.7. The van der Waals surface area contributed by atoms with E-state index >= 15 is 0 Å². The Hall–Kier alpha value is -0.145. The van der Waals surface area contributed by atoms with Crippen LogP contribution in [-0.4, -0.2) is 6.98 Å². The molecular formula is C8H17BF3-. The van der Waals surface area contributed by atoms with Crippen molar-refractivity contribution < 1.29 is 12.9 Å². The van der Waals surface area contributed by atoms with E-state index in [-0.39, 0.29) is 0 Å². The van der Waals surface area contributed by atoms with E-state index in [1.54, 1.807) is 0 Å². The Morgan fingerprint density at radius 1 is 0.833 bits per heavy atom. The van der Waals surface area contributed by atoms with Crippen molar-refractivity contribution in [1.82, 2.24) is 0 Å². The molecule has 12 heavy (non-hydrogen) atoms. The van der Waals surface area contributed by atoms with Gasteiger partial charge >= 0.3 is 6.98 Å². The second-order valence-corrected chi connectivity index (χ2v) is 3.27. The van der Waals surface area contributed by atoms with Gasteiger partial charge in [-0.2, -0.15) is 0 Å². The second-order valence-electron chi connectivity index (χ2n) is 3.27. The highest BCUT2D eigenvalue weighted by Crippen LogP contribution is 2.19. The van der Waals surface area contributed by atoms with E-state index < -0.39 is 13.3 Å². The third-order valence-electron chi connectivity index (χ3n) is 1.89. The van der Waals surface area contributed by atoms with Gasteiger partial charge in [-0.15, -0.1) is 0 Å². The molecule has 74 valence electrons. The molecule has 0 radical (unpaired) electrons. The van der Waals surface area contributed by atoms with Crippen molar-refractivity contribution in [3.05, 3.63) is 0 Å². The van der Waals surface area contributed by atoms with E-state index in [4.69, 9.17) is 0 Å². The average molecular weight is 181 g/mol. The molecule has 0 atom stereocenters. The Kier molecular flexibility index (Phi) is 6.30. The van der Waals surface area contributed by atoms with E-state index in [2.05, 4.69) is 6.92 Å². The summed E-state index contributed by atoms with van der Waals surface area (Å²) in [7, 11) is 0. The van der Waals surface area contributed by atoms with Crippen LogP contribution in [0.3, 0.4) is 0 Å². The first-order valence-electron chi connectivity index (χ1n) is 4.77. The summed E-state index contributed by atoms with van der Waals surface area (Å²) in [6.07, 6.45) is 4.85. The third kappa shape index (κ3) is 9.85. The fourth-order valence-corrected chi connectivity index (χ4v) is 1.16. The highest BCUT2D eigenvalue weighted by Gasteiger charge is 2.21. The van der Waals surface area contributed by atoms with Crippen LogP contribution in [0.5, 0.6) is 0 Å². The summed E-state index contributed by atoms with van der Waals surface area (Å²) in [6.45, 7) is -2.43. The molecular weight excluding hydrogens is 164 g/mol. The minimum absolute atomic E-state index is 0.327. The maximum absolute atomic E-state index is 11.7. The molecule has 0 aliphatic heterocycles. The van der Waals surface area contributed by atoms with Crippen molar-refractivity contribution in [3.63, 3.8) is 0 Å². The van der Waals surface area contributed by atoms with Crippen LogP contribution in [-0.2, 0) is 0 Å². The van der Waals surface area contributed by atoms with Crippen LogP contribution in [0.2, 0.25) is 6.32 Å². The highest BCUT2D eigenvalue weighted by molar-refractivity contribution is 6.58. The standard InChI is InChI=1S/C8H17BF3/c1-2-3-4-5-6-7-8-9(10,11)12/h2-8H2,1H3/q-1. The first kappa shape index (κ1) is 11.9. The fraction of sp³-hybridized carbons (Fsp3) is 1.00. The minimum atomic E-state index is -4.53. The lowest BCUT2D eigenvalue weighted by Gasteiger charge is -2.12. The van der Waals surface area contributed by atoms with Crippen LogP contribution in [0.15, 0.2) is 0 Å². The maximum Gasteiger partial charge on any atom is 0.478 e. The smallest absolute Gasteiger partial charge is 0.449 e. The quantitative estimate of drug-likeness (QED) is 0.408. The van der Waals surface area contributed by atoms with Gasteiger partial charge in [0.05, 0.1) is 0 Å². The summed E-state index contributed by atoms with van der Waals surface area (Å²) in [4.78, 5) is 0. The number of rotatable bonds is 7. The van der Waals surface area contributed by atoms with E-state index in [1.165, 1.54) is 0 Å². The van der Waals surface area contributed by atoms with Crippen LogP contribution < -0.4 is 0 Å². The van der Waals surface area contributed by atoms with Gasteiger partial charge in [0.1, 0.15) is 0 Å². The summed E-state index contributed by atoms with van der Waals surface area (Å²) in [6, 6.07) is 0. The second kappa shape index (κ2) is 6.38. The van der Waals surface area contributed by atoms with E-state index in [1.807, 2.05) is 0 Å². The molecule has 0 fully saturated rings. The summed E-state index contributed by atoms with van der Waals surface area (Å²) in [5.74, 6) is 0. The molecule has 0 rings (SSSR count). The Balaban J connectivity index is 3.01. The van der Waals surface area contributed by atoms with Gasteiger partial charge in [0.25, 0.3) is 0 Å². The Bertz CT molecular complexity index is 101. The molecule has 0 saturated carbocycles. The van der Waals surface area contributed by atoms with Crippen molar-refractivity contribution in [1.29, 1.82) is 0 Å². The van der Waals surface area contributed by atoms with Crippen LogP contribution in [0.1, 0.15) is 45.4 Å². The monoisotopic (exact) mass is 181 g/mol.